The van der Waals surface area contributed by atoms with Gasteiger partial charge in [0.05, 0.1) is 4.92 Å². The van der Waals surface area contributed by atoms with Gasteiger partial charge >= 0.3 is 0 Å². The van der Waals surface area contributed by atoms with Crippen molar-refractivity contribution in [2.75, 3.05) is 25.5 Å². The Kier molecular flexibility index (Phi) is 6.55. The van der Waals surface area contributed by atoms with E-state index >= 15 is 0 Å². The summed E-state index contributed by atoms with van der Waals surface area (Å²) in [7, 11) is 1.82. The van der Waals surface area contributed by atoms with Crippen LogP contribution in [0.25, 0.3) is 0 Å². The summed E-state index contributed by atoms with van der Waals surface area (Å²) >= 11 is 0. The number of carbonyl (C=O) groups excluding carboxylic acids is 1. The Bertz CT molecular complexity index is 1150. The molecule has 2 atom stereocenters. The van der Waals surface area contributed by atoms with E-state index in [0.717, 1.165) is 11.1 Å². The molecule has 1 aliphatic rings. The fraction of sp³-hybridized carbons (Fsp3) is 0.240. The van der Waals surface area contributed by atoms with Crippen LogP contribution in [-0.4, -0.2) is 42.0 Å². The van der Waals surface area contributed by atoms with Crippen LogP contribution < -0.4 is 14.8 Å². The molecule has 0 aromatic heterocycles. The van der Waals surface area contributed by atoms with Crippen LogP contribution in [0.4, 0.5) is 11.4 Å². The second-order valence-electron chi connectivity index (χ2n) is 8.02. The molecule has 1 aliphatic heterocycles. The van der Waals surface area contributed by atoms with Gasteiger partial charge < -0.3 is 14.8 Å². The highest BCUT2D eigenvalue weighted by Crippen LogP contribution is 2.32. The van der Waals surface area contributed by atoms with E-state index in [1.165, 1.54) is 6.07 Å². The summed E-state index contributed by atoms with van der Waals surface area (Å²) in [6.45, 7) is 2.54. The van der Waals surface area contributed by atoms with E-state index in [0.29, 0.717) is 24.7 Å². The third-order valence-electron chi connectivity index (χ3n) is 5.47. The first-order valence-electron chi connectivity index (χ1n) is 10.6. The highest BCUT2D eigenvalue weighted by Gasteiger charge is 2.31. The van der Waals surface area contributed by atoms with Crippen LogP contribution in [0.15, 0.2) is 72.8 Å². The number of ether oxygens (including phenoxy) is 2. The Labute approximate surface area is 191 Å². The molecule has 0 fully saturated rings. The van der Waals surface area contributed by atoms with Gasteiger partial charge in [-0.05, 0) is 43.3 Å². The van der Waals surface area contributed by atoms with E-state index in [1.54, 1.807) is 19.1 Å². The number of nitrogens with one attached hydrogen (secondary N) is 1. The molecule has 0 unspecified atom stereocenters. The van der Waals surface area contributed by atoms with Crippen molar-refractivity contribution >= 4 is 17.3 Å². The van der Waals surface area contributed by atoms with Crippen molar-refractivity contribution in [3.63, 3.8) is 0 Å². The molecule has 0 bridgehead atoms. The lowest BCUT2D eigenvalue weighted by Gasteiger charge is -2.33. The summed E-state index contributed by atoms with van der Waals surface area (Å²) in [6.07, 6.45) is -0.280. The summed E-state index contributed by atoms with van der Waals surface area (Å²) in [4.78, 5) is 26.3. The number of nitro benzene ring substituents is 1. The molecule has 8 nitrogen and oxygen atoms in total. The molecular formula is C25H25N3O5. The number of nitro groups is 1. The van der Waals surface area contributed by atoms with Crippen molar-refractivity contribution in [3.8, 4) is 11.5 Å². The topological polar surface area (TPSA) is 93.9 Å². The molecule has 3 aromatic rings. The van der Waals surface area contributed by atoms with E-state index < -0.39 is 11.0 Å². The van der Waals surface area contributed by atoms with Gasteiger partial charge in [0.2, 0.25) is 5.91 Å². The number of nitrogens with zero attached hydrogens (tertiary/aromatic N) is 2. The predicted molar refractivity (Wildman–Crippen MR) is 125 cm³/mol. The second kappa shape index (κ2) is 9.70. The predicted octanol–water partition coefficient (Wildman–Crippen LogP) is 4.35. The van der Waals surface area contributed by atoms with Crippen molar-refractivity contribution < 1.29 is 19.2 Å². The van der Waals surface area contributed by atoms with Crippen molar-refractivity contribution in [2.24, 2.45) is 0 Å². The zero-order valence-corrected chi connectivity index (χ0v) is 18.4. The third kappa shape index (κ3) is 5.12. The van der Waals surface area contributed by atoms with E-state index in [-0.39, 0.29) is 23.4 Å². The Morgan fingerprint density at radius 3 is 2.55 bits per heavy atom. The number of amides is 1. The number of carbonyl (C=O) groups is 1. The van der Waals surface area contributed by atoms with Gasteiger partial charge in [-0.2, -0.15) is 0 Å². The standard InChI is InChI=1S/C25H25N3O5/c1-17-12-13-20(21(14-17)28(30)31)26-25(29)24(18-8-4-3-5-9-18)27(2)15-19-16-32-22-10-6-7-11-23(22)33-19/h3-14,19,24H,15-16H2,1-2H3,(H,26,29)/t19-,24+/m1/s1. The maximum Gasteiger partial charge on any atom is 0.293 e. The average molecular weight is 447 g/mol. The van der Waals surface area contributed by atoms with Gasteiger partial charge in [0.1, 0.15) is 24.4 Å². The molecule has 1 amide bonds. The lowest BCUT2D eigenvalue weighted by Crippen LogP contribution is -2.43. The zero-order valence-electron chi connectivity index (χ0n) is 18.4. The Hall–Kier alpha value is -3.91. The minimum Gasteiger partial charge on any atom is -0.486 e. The number of benzene rings is 3. The second-order valence-corrected chi connectivity index (χ2v) is 8.02. The molecule has 0 saturated heterocycles. The number of hydrogen-bond donors (Lipinski definition) is 1. The summed E-state index contributed by atoms with van der Waals surface area (Å²) < 4.78 is 11.9. The number of fused-ring (bicyclic) bond motifs is 1. The molecule has 0 aliphatic carbocycles. The molecule has 0 radical (unpaired) electrons. The van der Waals surface area contributed by atoms with Crippen molar-refractivity contribution in [2.45, 2.75) is 19.1 Å². The van der Waals surface area contributed by atoms with Gasteiger partial charge in [0.15, 0.2) is 11.5 Å². The Morgan fingerprint density at radius 1 is 1.12 bits per heavy atom. The third-order valence-corrected chi connectivity index (χ3v) is 5.47. The SMILES string of the molecule is Cc1ccc(NC(=O)[C@H](c2ccccc2)N(C)C[C@@H]2COc3ccccc3O2)c([N+](=O)[O-])c1. The molecule has 3 aromatic carbocycles. The maximum absolute atomic E-state index is 13.4. The van der Waals surface area contributed by atoms with E-state index in [1.807, 2.05) is 66.5 Å². The number of para-hydroxylation sites is 2. The van der Waals surface area contributed by atoms with Crippen LogP contribution in [0.1, 0.15) is 17.2 Å². The van der Waals surface area contributed by atoms with Gasteiger partial charge in [-0.15, -0.1) is 0 Å². The molecule has 4 rings (SSSR count). The molecule has 0 saturated carbocycles. The summed E-state index contributed by atoms with van der Waals surface area (Å²) in [5, 5.41) is 14.3. The van der Waals surface area contributed by atoms with Crippen molar-refractivity contribution in [1.82, 2.24) is 4.90 Å². The van der Waals surface area contributed by atoms with Crippen LogP contribution in [0.5, 0.6) is 11.5 Å². The molecule has 0 spiro atoms. The van der Waals surface area contributed by atoms with E-state index in [2.05, 4.69) is 5.32 Å². The quantitative estimate of drug-likeness (QED) is 0.427. The van der Waals surface area contributed by atoms with Crippen LogP contribution >= 0.6 is 0 Å². The van der Waals surface area contributed by atoms with E-state index in [4.69, 9.17) is 9.47 Å². The van der Waals surface area contributed by atoms with Crippen LogP contribution in [0, 0.1) is 17.0 Å². The first kappa shape index (κ1) is 22.3. The van der Waals surface area contributed by atoms with Crippen LogP contribution in [0.3, 0.4) is 0 Å². The zero-order chi connectivity index (χ0) is 23.4. The van der Waals surface area contributed by atoms with E-state index in [9.17, 15) is 14.9 Å². The van der Waals surface area contributed by atoms with Crippen molar-refractivity contribution in [3.05, 3.63) is 94.0 Å². The summed E-state index contributed by atoms with van der Waals surface area (Å²) in [5.41, 5.74) is 1.53. The lowest BCUT2D eigenvalue weighted by molar-refractivity contribution is -0.384. The number of hydrogen-bond acceptors (Lipinski definition) is 6. The highest BCUT2D eigenvalue weighted by atomic mass is 16.6. The number of anilines is 1. The average Bonchev–Trinajstić information content (AvgIpc) is 2.81. The first-order chi connectivity index (χ1) is 15.9. The number of likely N-dealkylation sites (N-methyl/N-ethyl adjacent to an activating group) is 1. The number of rotatable bonds is 7. The minimum absolute atomic E-state index is 0.140. The molecule has 1 N–H and O–H groups in total. The Morgan fingerprint density at radius 2 is 1.82 bits per heavy atom. The summed E-state index contributed by atoms with van der Waals surface area (Å²) in [6, 6.07) is 20.8. The molecule has 8 heteroatoms. The van der Waals surface area contributed by atoms with Gasteiger partial charge in [-0.1, -0.05) is 48.5 Å². The minimum atomic E-state index is -0.687. The van der Waals surface area contributed by atoms with Gasteiger partial charge in [0.25, 0.3) is 5.69 Å². The van der Waals surface area contributed by atoms with Gasteiger partial charge in [-0.3, -0.25) is 19.8 Å². The van der Waals surface area contributed by atoms with Crippen LogP contribution in [-0.2, 0) is 4.79 Å². The normalized spacial score (nSPS) is 15.7. The maximum atomic E-state index is 13.4. The fourth-order valence-corrected chi connectivity index (χ4v) is 3.92. The van der Waals surface area contributed by atoms with Crippen molar-refractivity contribution in [1.29, 1.82) is 0 Å². The first-order valence-corrected chi connectivity index (χ1v) is 10.6. The molecule has 170 valence electrons. The number of aryl methyl sites for hydroxylation is 1. The fourth-order valence-electron chi connectivity index (χ4n) is 3.92. The molecular weight excluding hydrogens is 422 g/mol. The van der Waals surface area contributed by atoms with Gasteiger partial charge in [0, 0.05) is 12.6 Å². The highest BCUT2D eigenvalue weighted by molar-refractivity contribution is 5.97. The largest absolute Gasteiger partial charge is 0.486 e. The smallest absolute Gasteiger partial charge is 0.293 e. The molecule has 1 heterocycles. The van der Waals surface area contributed by atoms with Crippen LogP contribution in [0.2, 0.25) is 0 Å². The summed E-state index contributed by atoms with van der Waals surface area (Å²) in [5.74, 6) is 0.992. The van der Waals surface area contributed by atoms with Gasteiger partial charge in [-0.25, -0.2) is 0 Å². The Balaban J connectivity index is 1.56. The lowest BCUT2D eigenvalue weighted by atomic mass is 10.0. The molecule has 33 heavy (non-hydrogen) atoms. The monoisotopic (exact) mass is 447 g/mol.